The number of hydrogen-bond donors (Lipinski definition) is 1. The molecule has 3 aromatic carbocycles. The SMILES string of the molecule is COc1cccc(CC(=O)Nc2ccc(OC)c(N3CCCN(Cc4cccc(C)c4)C3=O)c2)c1. The normalized spacial score (nSPS) is 13.5. The minimum absolute atomic E-state index is 0.0732. The summed E-state index contributed by atoms with van der Waals surface area (Å²) in [5.74, 6) is 1.14. The Hall–Kier alpha value is -4.00. The van der Waals surface area contributed by atoms with Gasteiger partial charge in [-0.2, -0.15) is 0 Å². The summed E-state index contributed by atoms with van der Waals surface area (Å²) in [6.07, 6.45) is 1.05. The minimum atomic E-state index is -0.152. The van der Waals surface area contributed by atoms with Gasteiger partial charge in [0.2, 0.25) is 5.91 Å². The molecule has 1 aliphatic rings. The first-order valence-electron chi connectivity index (χ1n) is 11.7. The Kier molecular flexibility index (Phi) is 7.55. The topological polar surface area (TPSA) is 71.1 Å². The van der Waals surface area contributed by atoms with Crippen LogP contribution in [0, 0.1) is 6.92 Å². The lowest BCUT2D eigenvalue weighted by molar-refractivity contribution is -0.115. The van der Waals surface area contributed by atoms with Crippen LogP contribution in [0.15, 0.2) is 66.7 Å². The quantitative estimate of drug-likeness (QED) is 0.498. The van der Waals surface area contributed by atoms with Crippen molar-refractivity contribution in [3.8, 4) is 11.5 Å². The van der Waals surface area contributed by atoms with Gasteiger partial charge in [0.15, 0.2) is 0 Å². The van der Waals surface area contributed by atoms with Crippen LogP contribution in [0.1, 0.15) is 23.1 Å². The molecule has 4 rings (SSSR count). The Labute approximate surface area is 206 Å². The first-order valence-corrected chi connectivity index (χ1v) is 11.7. The van der Waals surface area contributed by atoms with Gasteiger partial charge in [-0.05, 0) is 54.8 Å². The Balaban J connectivity index is 1.50. The van der Waals surface area contributed by atoms with Crippen LogP contribution in [0.25, 0.3) is 0 Å². The van der Waals surface area contributed by atoms with Crippen molar-refractivity contribution in [2.75, 3.05) is 37.5 Å². The fraction of sp³-hybridized carbons (Fsp3) is 0.286. The summed E-state index contributed by atoms with van der Waals surface area (Å²) >= 11 is 0. The molecule has 7 heteroatoms. The lowest BCUT2D eigenvalue weighted by Crippen LogP contribution is -2.49. The number of benzene rings is 3. The number of carbonyl (C=O) groups excluding carboxylic acids is 2. The van der Waals surface area contributed by atoms with Crippen molar-refractivity contribution in [2.24, 2.45) is 0 Å². The third-order valence-corrected chi connectivity index (χ3v) is 6.02. The van der Waals surface area contributed by atoms with Crippen molar-refractivity contribution in [1.82, 2.24) is 4.90 Å². The monoisotopic (exact) mass is 473 g/mol. The first-order chi connectivity index (χ1) is 17.0. The molecule has 0 atom stereocenters. The largest absolute Gasteiger partial charge is 0.497 e. The second kappa shape index (κ2) is 11.0. The molecule has 0 unspecified atom stereocenters. The summed E-state index contributed by atoms with van der Waals surface area (Å²) in [6.45, 7) is 3.88. The number of rotatable bonds is 8. The van der Waals surface area contributed by atoms with Crippen molar-refractivity contribution in [1.29, 1.82) is 0 Å². The van der Waals surface area contributed by atoms with E-state index >= 15 is 0 Å². The Morgan fingerprint density at radius 1 is 0.943 bits per heavy atom. The molecular weight excluding hydrogens is 442 g/mol. The number of urea groups is 1. The van der Waals surface area contributed by atoms with Gasteiger partial charge in [0.05, 0.1) is 26.3 Å². The van der Waals surface area contributed by atoms with Crippen molar-refractivity contribution < 1.29 is 19.1 Å². The number of methoxy groups -OCH3 is 2. The van der Waals surface area contributed by atoms with E-state index in [1.165, 1.54) is 5.56 Å². The molecule has 7 nitrogen and oxygen atoms in total. The van der Waals surface area contributed by atoms with Gasteiger partial charge in [0.1, 0.15) is 11.5 Å². The van der Waals surface area contributed by atoms with Gasteiger partial charge in [-0.15, -0.1) is 0 Å². The number of nitrogens with zero attached hydrogens (tertiary/aromatic N) is 2. The number of nitrogens with one attached hydrogen (secondary N) is 1. The highest BCUT2D eigenvalue weighted by Crippen LogP contribution is 2.34. The van der Waals surface area contributed by atoms with Crippen molar-refractivity contribution >= 4 is 23.3 Å². The molecule has 1 N–H and O–H groups in total. The van der Waals surface area contributed by atoms with Crippen LogP contribution in [0.2, 0.25) is 0 Å². The second-order valence-electron chi connectivity index (χ2n) is 8.66. The molecule has 1 heterocycles. The summed E-state index contributed by atoms with van der Waals surface area (Å²) in [7, 11) is 3.18. The van der Waals surface area contributed by atoms with E-state index in [0.717, 1.165) is 17.5 Å². The maximum Gasteiger partial charge on any atom is 0.324 e. The van der Waals surface area contributed by atoms with Crippen molar-refractivity contribution in [2.45, 2.75) is 26.3 Å². The van der Waals surface area contributed by atoms with Crippen LogP contribution >= 0.6 is 0 Å². The van der Waals surface area contributed by atoms with Crippen LogP contribution in [-0.2, 0) is 17.8 Å². The molecule has 0 aliphatic carbocycles. The minimum Gasteiger partial charge on any atom is -0.497 e. The third-order valence-electron chi connectivity index (χ3n) is 6.02. The first kappa shape index (κ1) is 24.1. The summed E-state index contributed by atoms with van der Waals surface area (Å²) in [5.41, 5.74) is 4.38. The van der Waals surface area contributed by atoms with E-state index in [2.05, 4.69) is 11.4 Å². The summed E-state index contributed by atoms with van der Waals surface area (Å²) in [4.78, 5) is 29.7. The molecule has 0 saturated carbocycles. The molecule has 0 spiro atoms. The molecule has 0 radical (unpaired) electrons. The van der Waals surface area contributed by atoms with Crippen molar-refractivity contribution in [3.05, 3.63) is 83.4 Å². The number of carbonyl (C=O) groups is 2. The smallest absolute Gasteiger partial charge is 0.324 e. The molecule has 1 saturated heterocycles. The molecule has 3 amide bonds. The summed E-state index contributed by atoms with van der Waals surface area (Å²) < 4.78 is 10.8. The third kappa shape index (κ3) is 5.93. The lowest BCUT2D eigenvalue weighted by Gasteiger charge is -2.36. The number of anilines is 2. The fourth-order valence-electron chi connectivity index (χ4n) is 4.33. The van der Waals surface area contributed by atoms with Crippen LogP contribution in [-0.4, -0.2) is 44.1 Å². The van der Waals surface area contributed by atoms with E-state index in [1.807, 2.05) is 54.3 Å². The highest BCUT2D eigenvalue weighted by Gasteiger charge is 2.29. The van der Waals surface area contributed by atoms with Crippen LogP contribution < -0.4 is 19.7 Å². The van der Waals surface area contributed by atoms with Gasteiger partial charge in [-0.3, -0.25) is 9.69 Å². The van der Waals surface area contributed by atoms with E-state index in [0.29, 0.717) is 42.5 Å². The van der Waals surface area contributed by atoms with E-state index in [-0.39, 0.29) is 18.4 Å². The second-order valence-corrected chi connectivity index (χ2v) is 8.66. The average Bonchev–Trinajstić information content (AvgIpc) is 2.85. The zero-order chi connectivity index (χ0) is 24.8. The molecule has 1 fully saturated rings. The van der Waals surface area contributed by atoms with Gasteiger partial charge in [0, 0.05) is 25.3 Å². The average molecular weight is 474 g/mol. The standard InChI is InChI=1S/C28H31N3O4/c1-20-7-4-9-22(15-20)19-30-13-6-14-31(28(30)33)25-18-23(11-12-26(25)35-3)29-27(32)17-21-8-5-10-24(16-21)34-2/h4-5,7-12,15-16,18H,6,13-14,17,19H2,1-3H3,(H,29,32). The molecule has 0 aromatic heterocycles. The fourth-order valence-corrected chi connectivity index (χ4v) is 4.33. The number of aryl methyl sites for hydroxylation is 1. The Morgan fingerprint density at radius 2 is 1.74 bits per heavy atom. The number of ether oxygens (including phenoxy) is 2. The van der Waals surface area contributed by atoms with E-state index in [1.54, 1.807) is 37.3 Å². The zero-order valence-electron chi connectivity index (χ0n) is 20.4. The van der Waals surface area contributed by atoms with Crippen molar-refractivity contribution in [3.63, 3.8) is 0 Å². The van der Waals surface area contributed by atoms with Gasteiger partial charge >= 0.3 is 6.03 Å². The molecule has 35 heavy (non-hydrogen) atoms. The maximum atomic E-state index is 13.4. The van der Waals surface area contributed by atoms with E-state index < -0.39 is 0 Å². The number of amides is 3. The highest BCUT2D eigenvalue weighted by atomic mass is 16.5. The van der Waals surface area contributed by atoms with E-state index in [9.17, 15) is 9.59 Å². The van der Waals surface area contributed by atoms with Gasteiger partial charge < -0.3 is 19.7 Å². The molecule has 1 aliphatic heterocycles. The van der Waals surface area contributed by atoms with E-state index in [4.69, 9.17) is 9.47 Å². The van der Waals surface area contributed by atoms with Crippen LogP contribution in [0.4, 0.5) is 16.2 Å². The summed E-state index contributed by atoms with van der Waals surface area (Å²) in [5, 5.41) is 2.94. The Morgan fingerprint density at radius 3 is 2.51 bits per heavy atom. The van der Waals surface area contributed by atoms with Crippen LogP contribution in [0.5, 0.6) is 11.5 Å². The molecule has 182 valence electrons. The predicted molar refractivity (Wildman–Crippen MR) is 137 cm³/mol. The molecule has 0 bridgehead atoms. The molecule has 3 aromatic rings. The van der Waals surface area contributed by atoms with Gasteiger partial charge in [-0.1, -0.05) is 42.0 Å². The number of hydrogen-bond acceptors (Lipinski definition) is 4. The zero-order valence-corrected chi connectivity index (χ0v) is 20.4. The van der Waals surface area contributed by atoms with Gasteiger partial charge in [-0.25, -0.2) is 4.79 Å². The summed E-state index contributed by atoms with van der Waals surface area (Å²) in [6, 6.07) is 20.9. The Bertz CT molecular complexity index is 1210. The predicted octanol–water partition coefficient (Wildman–Crippen LogP) is 5.03. The van der Waals surface area contributed by atoms with Gasteiger partial charge in [0.25, 0.3) is 0 Å². The molecular formula is C28H31N3O4. The maximum absolute atomic E-state index is 13.4. The van der Waals surface area contributed by atoms with Crippen LogP contribution in [0.3, 0.4) is 0 Å². The lowest BCUT2D eigenvalue weighted by atomic mass is 10.1. The highest BCUT2D eigenvalue weighted by molar-refractivity contribution is 5.97.